The van der Waals surface area contributed by atoms with Crippen LogP contribution in [-0.2, 0) is 5.41 Å². The predicted octanol–water partition coefficient (Wildman–Crippen LogP) is 2.47. The molecule has 0 fully saturated rings. The van der Waals surface area contributed by atoms with E-state index in [4.69, 9.17) is 5.11 Å². The Kier molecular flexibility index (Phi) is 3.30. The molecule has 1 aromatic rings. The van der Waals surface area contributed by atoms with Gasteiger partial charge < -0.3 is 5.11 Å². The molecule has 1 aromatic carbocycles. The number of aliphatic hydroxyl groups is 1. The van der Waals surface area contributed by atoms with Crippen molar-refractivity contribution in [2.24, 2.45) is 0 Å². The number of aryl methyl sites for hydroxylation is 1. The van der Waals surface area contributed by atoms with E-state index in [1.807, 2.05) is 25.1 Å². The monoisotopic (exact) mass is 206 g/mol. The second kappa shape index (κ2) is 4.15. The van der Waals surface area contributed by atoms with Crippen LogP contribution in [0.5, 0.6) is 0 Å². The number of hydrogen-bond donors (Lipinski definition) is 1. The van der Waals surface area contributed by atoms with Crippen LogP contribution >= 0.6 is 0 Å². The SMILES string of the molecule is Cc1ccc(C(C)(C)C)cc1C(=O)CO. The molecule has 0 unspecified atom stereocenters. The highest BCUT2D eigenvalue weighted by Gasteiger charge is 2.16. The standard InChI is InChI=1S/C13H18O2/c1-9-5-6-10(13(2,3)4)7-11(9)12(15)8-14/h5-7,14H,8H2,1-4H3. The van der Waals surface area contributed by atoms with E-state index in [0.717, 1.165) is 11.1 Å². The zero-order valence-corrected chi connectivity index (χ0v) is 9.79. The lowest BCUT2D eigenvalue weighted by atomic mass is 9.85. The minimum atomic E-state index is -0.422. The normalized spacial score (nSPS) is 11.5. The number of aliphatic hydroxyl groups excluding tert-OH is 1. The van der Waals surface area contributed by atoms with E-state index < -0.39 is 6.61 Å². The van der Waals surface area contributed by atoms with Crippen molar-refractivity contribution in [1.82, 2.24) is 0 Å². The van der Waals surface area contributed by atoms with Crippen LogP contribution < -0.4 is 0 Å². The second-order valence-electron chi connectivity index (χ2n) is 4.86. The maximum atomic E-state index is 11.5. The Morgan fingerprint density at radius 3 is 2.40 bits per heavy atom. The fourth-order valence-electron chi connectivity index (χ4n) is 1.47. The third-order valence-corrected chi connectivity index (χ3v) is 2.55. The van der Waals surface area contributed by atoms with Crippen molar-refractivity contribution >= 4 is 5.78 Å². The fraction of sp³-hybridized carbons (Fsp3) is 0.462. The summed E-state index contributed by atoms with van der Waals surface area (Å²) in [6.07, 6.45) is 0. The van der Waals surface area contributed by atoms with Crippen LogP contribution in [0, 0.1) is 6.92 Å². The molecule has 82 valence electrons. The average Bonchev–Trinajstić information content (AvgIpc) is 2.15. The van der Waals surface area contributed by atoms with Gasteiger partial charge in [-0.25, -0.2) is 0 Å². The van der Waals surface area contributed by atoms with Crippen molar-refractivity contribution in [3.63, 3.8) is 0 Å². The summed E-state index contributed by atoms with van der Waals surface area (Å²) in [5.74, 6) is -0.210. The molecule has 0 bridgehead atoms. The molecule has 1 rings (SSSR count). The molecule has 0 saturated heterocycles. The molecule has 1 N–H and O–H groups in total. The van der Waals surface area contributed by atoms with Crippen LogP contribution in [0.15, 0.2) is 18.2 Å². The third kappa shape index (κ3) is 2.66. The van der Waals surface area contributed by atoms with Gasteiger partial charge in [-0.15, -0.1) is 0 Å². The van der Waals surface area contributed by atoms with E-state index in [1.165, 1.54) is 0 Å². The van der Waals surface area contributed by atoms with Gasteiger partial charge in [0, 0.05) is 5.56 Å². The maximum Gasteiger partial charge on any atom is 0.188 e. The lowest BCUT2D eigenvalue weighted by Crippen LogP contribution is -2.14. The van der Waals surface area contributed by atoms with Crippen LogP contribution in [-0.4, -0.2) is 17.5 Å². The molecular weight excluding hydrogens is 188 g/mol. The van der Waals surface area contributed by atoms with Crippen LogP contribution in [0.25, 0.3) is 0 Å². The first-order valence-electron chi connectivity index (χ1n) is 5.11. The number of ketones is 1. The Labute approximate surface area is 90.9 Å². The fourth-order valence-corrected chi connectivity index (χ4v) is 1.47. The summed E-state index contributed by atoms with van der Waals surface area (Å²) in [6.45, 7) is 7.77. The van der Waals surface area contributed by atoms with E-state index in [-0.39, 0.29) is 11.2 Å². The van der Waals surface area contributed by atoms with Gasteiger partial charge in [-0.1, -0.05) is 32.9 Å². The van der Waals surface area contributed by atoms with E-state index in [2.05, 4.69) is 20.8 Å². The minimum Gasteiger partial charge on any atom is -0.388 e. The van der Waals surface area contributed by atoms with E-state index in [0.29, 0.717) is 5.56 Å². The van der Waals surface area contributed by atoms with Crippen molar-refractivity contribution in [3.05, 3.63) is 34.9 Å². The molecule has 0 heterocycles. The first-order valence-corrected chi connectivity index (χ1v) is 5.11. The quantitative estimate of drug-likeness (QED) is 0.755. The molecule has 2 heteroatoms. The highest BCUT2D eigenvalue weighted by molar-refractivity contribution is 5.98. The Bertz CT molecular complexity index is 373. The van der Waals surface area contributed by atoms with Gasteiger partial charge in [-0.05, 0) is 29.5 Å². The number of Topliss-reactive ketones (excluding diaryl/α,β-unsaturated/α-hetero) is 1. The number of carbonyl (C=O) groups is 1. The highest BCUT2D eigenvalue weighted by atomic mass is 16.3. The number of rotatable bonds is 2. The predicted molar refractivity (Wildman–Crippen MR) is 61.3 cm³/mol. The summed E-state index contributed by atoms with van der Waals surface area (Å²) in [7, 11) is 0. The molecule has 2 nitrogen and oxygen atoms in total. The Morgan fingerprint density at radius 1 is 1.33 bits per heavy atom. The Morgan fingerprint density at radius 2 is 1.93 bits per heavy atom. The van der Waals surface area contributed by atoms with E-state index in [1.54, 1.807) is 0 Å². The van der Waals surface area contributed by atoms with E-state index >= 15 is 0 Å². The van der Waals surface area contributed by atoms with Gasteiger partial charge in [-0.2, -0.15) is 0 Å². The van der Waals surface area contributed by atoms with Gasteiger partial charge in [0.05, 0.1) is 0 Å². The lowest BCUT2D eigenvalue weighted by Gasteiger charge is -2.20. The summed E-state index contributed by atoms with van der Waals surface area (Å²) in [6, 6.07) is 5.85. The molecule has 0 amide bonds. The van der Waals surface area contributed by atoms with Crippen molar-refractivity contribution in [2.45, 2.75) is 33.1 Å². The van der Waals surface area contributed by atoms with E-state index in [9.17, 15) is 4.79 Å². The average molecular weight is 206 g/mol. The highest BCUT2D eigenvalue weighted by Crippen LogP contribution is 2.24. The van der Waals surface area contributed by atoms with Crippen LogP contribution in [0.1, 0.15) is 42.3 Å². The van der Waals surface area contributed by atoms with Gasteiger partial charge in [-0.3, -0.25) is 4.79 Å². The zero-order valence-electron chi connectivity index (χ0n) is 9.79. The number of hydrogen-bond acceptors (Lipinski definition) is 2. The van der Waals surface area contributed by atoms with Gasteiger partial charge in [0.15, 0.2) is 5.78 Å². The van der Waals surface area contributed by atoms with Crippen molar-refractivity contribution in [1.29, 1.82) is 0 Å². The molecule has 0 atom stereocenters. The minimum absolute atomic E-state index is 0.0260. The zero-order chi connectivity index (χ0) is 11.6. The maximum absolute atomic E-state index is 11.5. The van der Waals surface area contributed by atoms with Gasteiger partial charge >= 0.3 is 0 Å². The lowest BCUT2D eigenvalue weighted by molar-refractivity contribution is 0.0903. The largest absolute Gasteiger partial charge is 0.388 e. The van der Waals surface area contributed by atoms with Crippen molar-refractivity contribution < 1.29 is 9.90 Å². The Balaban J connectivity index is 3.23. The van der Waals surface area contributed by atoms with Crippen molar-refractivity contribution in [2.75, 3.05) is 6.61 Å². The first kappa shape index (κ1) is 11.9. The molecule has 0 aliphatic heterocycles. The molecule has 0 aromatic heterocycles. The molecule has 0 radical (unpaired) electrons. The van der Waals surface area contributed by atoms with Gasteiger partial charge in [0.1, 0.15) is 6.61 Å². The van der Waals surface area contributed by atoms with Crippen molar-refractivity contribution in [3.8, 4) is 0 Å². The van der Waals surface area contributed by atoms with Crippen LogP contribution in [0.4, 0.5) is 0 Å². The van der Waals surface area contributed by atoms with Crippen LogP contribution in [0.3, 0.4) is 0 Å². The number of carbonyl (C=O) groups excluding carboxylic acids is 1. The topological polar surface area (TPSA) is 37.3 Å². The summed E-state index contributed by atoms with van der Waals surface area (Å²) >= 11 is 0. The smallest absolute Gasteiger partial charge is 0.188 e. The summed E-state index contributed by atoms with van der Waals surface area (Å²) in [4.78, 5) is 11.5. The third-order valence-electron chi connectivity index (χ3n) is 2.55. The molecule has 0 spiro atoms. The summed E-state index contributed by atoms with van der Waals surface area (Å²) in [5, 5.41) is 8.86. The molecular formula is C13H18O2. The molecule has 0 saturated carbocycles. The van der Waals surface area contributed by atoms with Gasteiger partial charge in [0.2, 0.25) is 0 Å². The summed E-state index contributed by atoms with van der Waals surface area (Å²) < 4.78 is 0. The first-order chi connectivity index (χ1) is 6.86. The molecule has 15 heavy (non-hydrogen) atoms. The summed E-state index contributed by atoms with van der Waals surface area (Å²) in [5.41, 5.74) is 2.69. The molecule has 0 aliphatic carbocycles. The molecule has 0 aliphatic rings. The van der Waals surface area contributed by atoms with Gasteiger partial charge in [0.25, 0.3) is 0 Å². The van der Waals surface area contributed by atoms with Crippen LogP contribution in [0.2, 0.25) is 0 Å². The Hall–Kier alpha value is -1.15. The number of benzene rings is 1. The second-order valence-corrected chi connectivity index (χ2v) is 4.86.